The van der Waals surface area contributed by atoms with E-state index in [1.54, 1.807) is 24.3 Å². The molecule has 0 spiro atoms. The Hall–Kier alpha value is -2.35. The van der Waals surface area contributed by atoms with Crippen LogP contribution in [0.5, 0.6) is 0 Å². The van der Waals surface area contributed by atoms with Gasteiger partial charge in [-0.25, -0.2) is 0 Å². The average Bonchev–Trinajstić information content (AvgIpc) is 2.48. The molecule has 0 aliphatic carbocycles. The van der Waals surface area contributed by atoms with Crippen LogP contribution in [0.15, 0.2) is 48.5 Å². The van der Waals surface area contributed by atoms with E-state index in [0.29, 0.717) is 11.1 Å². The van der Waals surface area contributed by atoms with Gasteiger partial charge in [-0.05, 0) is 11.6 Å². The zero-order valence-electron chi connectivity index (χ0n) is 10.6. The molecule has 0 bridgehead atoms. The van der Waals surface area contributed by atoms with Gasteiger partial charge in [-0.1, -0.05) is 53.5 Å². The number of hydrogen-bond donors (Lipinski definition) is 0. The summed E-state index contributed by atoms with van der Waals surface area (Å²) in [5.41, 5.74) is 1.01. The molecule has 4 nitrogen and oxygen atoms in total. The van der Waals surface area contributed by atoms with Crippen LogP contribution in [0.25, 0.3) is 10.6 Å². The van der Waals surface area contributed by atoms with E-state index < -0.39 is 4.92 Å². The highest BCUT2D eigenvalue weighted by Crippen LogP contribution is 2.33. The van der Waals surface area contributed by atoms with E-state index in [1.165, 1.54) is 18.2 Å². The Morgan fingerprint density at radius 3 is 2.38 bits per heavy atom. The second-order valence-electron chi connectivity index (χ2n) is 4.12. The van der Waals surface area contributed by atoms with E-state index >= 15 is 0 Å². The van der Waals surface area contributed by atoms with Crippen LogP contribution in [0.1, 0.15) is 11.1 Å². The Kier molecular flexibility index (Phi) is 4.59. The van der Waals surface area contributed by atoms with Crippen LogP contribution < -0.4 is 0 Å². The number of nitriles is 1. The van der Waals surface area contributed by atoms with Crippen molar-refractivity contribution in [3.8, 4) is 6.07 Å². The van der Waals surface area contributed by atoms with Crippen LogP contribution in [0.4, 0.5) is 5.69 Å². The zero-order valence-corrected chi connectivity index (χ0v) is 12.1. The molecular weight excluding hydrogens is 311 g/mol. The second-order valence-corrected chi connectivity index (χ2v) is 4.94. The Balaban J connectivity index is 2.61. The van der Waals surface area contributed by atoms with Crippen LogP contribution >= 0.6 is 23.2 Å². The highest BCUT2D eigenvalue weighted by Gasteiger charge is 2.14. The smallest absolute Gasteiger partial charge is 0.258 e. The normalized spacial score (nSPS) is 11.5. The summed E-state index contributed by atoms with van der Waals surface area (Å²) in [5.74, 6) is 0. The Morgan fingerprint density at radius 2 is 1.81 bits per heavy atom. The summed E-state index contributed by atoms with van der Waals surface area (Å²) >= 11 is 12.1. The van der Waals surface area contributed by atoms with Crippen molar-refractivity contribution in [1.82, 2.24) is 0 Å². The summed E-state index contributed by atoms with van der Waals surface area (Å²) in [7, 11) is 0. The molecule has 6 heteroatoms. The molecule has 21 heavy (non-hydrogen) atoms. The quantitative estimate of drug-likeness (QED) is 0.350. The lowest BCUT2D eigenvalue weighted by Gasteiger charge is -2.05. The third-order valence-corrected chi connectivity index (χ3v) is 3.37. The van der Waals surface area contributed by atoms with Gasteiger partial charge >= 0.3 is 0 Å². The van der Waals surface area contributed by atoms with Crippen molar-refractivity contribution < 1.29 is 4.92 Å². The summed E-state index contributed by atoms with van der Waals surface area (Å²) in [6.07, 6.45) is 0. The summed E-state index contributed by atoms with van der Waals surface area (Å²) in [4.78, 5) is 10.3. The summed E-state index contributed by atoms with van der Waals surface area (Å²) in [5, 5.41) is 20.5. The molecule has 0 saturated carbocycles. The fourth-order valence-corrected chi connectivity index (χ4v) is 2.29. The molecule has 0 N–H and O–H groups in total. The van der Waals surface area contributed by atoms with E-state index in [4.69, 9.17) is 23.2 Å². The van der Waals surface area contributed by atoms with Crippen LogP contribution in [0, 0.1) is 21.4 Å². The van der Waals surface area contributed by atoms with Crippen molar-refractivity contribution in [1.29, 1.82) is 5.26 Å². The highest BCUT2D eigenvalue weighted by molar-refractivity contribution is 6.53. The number of benzene rings is 2. The third-order valence-electron chi connectivity index (χ3n) is 2.74. The predicted octanol–water partition coefficient (Wildman–Crippen LogP) is 4.88. The molecule has 0 aromatic heterocycles. The van der Waals surface area contributed by atoms with Crippen molar-refractivity contribution >= 4 is 39.5 Å². The van der Waals surface area contributed by atoms with Crippen LogP contribution in [0.3, 0.4) is 0 Å². The van der Waals surface area contributed by atoms with Crippen molar-refractivity contribution in [3.63, 3.8) is 0 Å². The lowest BCUT2D eigenvalue weighted by Crippen LogP contribution is -1.91. The van der Waals surface area contributed by atoms with Crippen LogP contribution in [-0.2, 0) is 0 Å². The van der Waals surface area contributed by atoms with E-state index in [1.807, 2.05) is 12.1 Å². The molecule has 0 saturated heterocycles. The second kappa shape index (κ2) is 6.40. The van der Waals surface area contributed by atoms with Crippen molar-refractivity contribution in [2.45, 2.75) is 0 Å². The third kappa shape index (κ3) is 3.40. The Morgan fingerprint density at radius 1 is 1.14 bits per heavy atom. The molecule has 0 atom stereocenters. The number of hydrogen-bond acceptors (Lipinski definition) is 3. The highest BCUT2D eigenvalue weighted by atomic mass is 35.5. The van der Waals surface area contributed by atoms with Gasteiger partial charge in [0.25, 0.3) is 5.69 Å². The van der Waals surface area contributed by atoms with Gasteiger partial charge in [0.15, 0.2) is 0 Å². The monoisotopic (exact) mass is 318 g/mol. The van der Waals surface area contributed by atoms with Gasteiger partial charge in [-0.3, -0.25) is 10.1 Å². The van der Waals surface area contributed by atoms with Crippen LogP contribution in [-0.4, -0.2) is 4.92 Å². The van der Waals surface area contributed by atoms with E-state index in [9.17, 15) is 15.4 Å². The fourth-order valence-electron chi connectivity index (χ4n) is 1.80. The number of nitro groups is 1. The van der Waals surface area contributed by atoms with Gasteiger partial charge in [-0.2, -0.15) is 5.26 Å². The molecule has 0 amide bonds. The zero-order chi connectivity index (χ0) is 15.4. The van der Waals surface area contributed by atoms with Gasteiger partial charge in [0.1, 0.15) is 6.07 Å². The maximum atomic E-state index is 10.9. The van der Waals surface area contributed by atoms with E-state index in [0.717, 1.165) is 0 Å². The first-order chi connectivity index (χ1) is 10.0. The number of halogens is 2. The number of nitro benzene ring substituents is 1. The Bertz CT molecular complexity index is 765. The largest absolute Gasteiger partial charge is 0.271 e. The van der Waals surface area contributed by atoms with Gasteiger partial charge < -0.3 is 0 Å². The molecule has 0 aliphatic rings. The van der Waals surface area contributed by atoms with Gasteiger partial charge in [0.05, 0.1) is 15.5 Å². The molecular formula is C15H8Cl2N2O2. The number of non-ortho nitro benzene ring substituents is 1. The first-order valence-electron chi connectivity index (χ1n) is 5.83. The summed E-state index contributed by atoms with van der Waals surface area (Å²) in [6, 6.07) is 14.9. The maximum absolute atomic E-state index is 10.9. The first-order valence-corrected chi connectivity index (χ1v) is 6.59. The minimum absolute atomic E-state index is 0.120. The van der Waals surface area contributed by atoms with Gasteiger partial charge in [-0.15, -0.1) is 0 Å². The Labute approximate surface area is 131 Å². The lowest BCUT2D eigenvalue weighted by atomic mass is 10.0. The number of allylic oxidation sites excluding steroid dienone is 1. The van der Waals surface area contributed by atoms with Crippen molar-refractivity contribution in [3.05, 3.63) is 74.8 Å². The minimum Gasteiger partial charge on any atom is -0.258 e. The minimum atomic E-state index is -0.561. The molecule has 0 heterocycles. The molecule has 0 fully saturated rings. The standard InChI is InChI=1S/C15H8Cl2N2O2/c16-12-6-11(7-13(8-12)19(20)21)15(17)14(9-18)10-4-2-1-3-5-10/h1-8H/b15-14+. The van der Waals surface area contributed by atoms with Crippen LogP contribution in [0.2, 0.25) is 5.02 Å². The maximum Gasteiger partial charge on any atom is 0.271 e. The molecule has 0 unspecified atom stereocenters. The van der Waals surface area contributed by atoms with Crippen molar-refractivity contribution in [2.75, 3.05) is 0 Å². The molecule has 0 aliphatic heterocycles. The molecule has 2 aromatic rings. The SMILES string of the molecule is N#C/C(=C(\Cl)c1cc(Cl)cc([N+](=O)[O-])c1)c1ccccc1. The molecule has 2 rings (SSSR count). The van der Waals surface area contributed by atoms with Crippen molar-refractivity contribution in [2.24, 2.45) is 0 Å². The van der Waals surface area contributed by atoms with Gasteiger partial charge in [0.2, 0.25) is 0 Å². The lowest BCUT2D eigenvalue weighted by molar-refractivity contribution is -0.384. The summed E-state index contributed by atoms with van der Waals surface area (Å²) < 4.78 is 0. The fraction of sp³-hybridized carbons (Fsp3) is 0. The molecule has 0 radical (unpaired) electrons. The number of rotatable bonds is 3. The van der Waals surface area contributed by atoms with E-state index in [-0.39, 0.29) is 21.3 Å². The first kappa shape index (κ1) is 15.0. The topological polar surface area (TPSA) is 66.9 Å². The predicted molar refractivity (Wildman–Crippen MR) is 82.8 cm³/mol. The van der Waals surface area contributed by atoms with E-state index in [2.05, 4.69) is 0 Å². The molecule has 2 aromatic carbocycles. The number of nitrogens with zero attached hydrogens (tertiary/aromatic N) is 2. The summed E-state index contributed by atoms with van der Waals surface area (Å²) in [6.45, 7) is 0. The van der Waals surface area contributed by atoms with Gasteiger partial charge in [0, 0.05) is 22.7 Å². The average molecular weight is 319 g/mol. The molecule has 104 valence electrons.